The van der Waals surface area contributed by atoms with Gasteiger partial charge in [0.05, 0.1) is 0 Å². The molecule has 6 nitrogen and oxygen atoms in total. The van der Waals surface area contributed by atoms with E-state index in [1.165, 1.54) is 12.1 Å². The highest BCUT2D eigenvalue weighted by Crippen LogP contribution is 2.17. The Balaban J connectivity index is 1.88. The van der Waals surface area contributed by atoms with E-state index in [9.17, 15) is 14.4 Å². The molecule has 0 bridgehead atoms. The minimum absolute atomic E-state index is 0.0416. The number of nitrogens with two attached hydrogens (primary N) is 1. The van der Waals surface area contributed by atoms with Gasteiger partial charge in [-0.2, -0.15) is 0 Å². The maximum atomic E-state index is 11.8. The van der Waals surface area contributed by atoms with Crippen LogP contribution in [0, 0.1) is 0 Å². The summed E-state index contributed by atoms with van der Waals surface area (Å²) in [5.74, 6) is -2.31. The summed E-state index contributed by atoms with van der Waals surface area (Å²) >= 11 is 0. The predicted molar refractivity (Wildman–Crippen MR) is 73.7 cm³/mol. The van der Waals surface area contributed by atoms with Crippen LogP contribution in [-0.4, -0.2) is 23.8 Å². The number of nitrogens with one attached hydrogen (secondary N) is 2. The average Bonchev–Trinajstić information content (AvgIpc) is 2.92. The third-order valence-corrected chi connectivity index (χ3v) is 3.30. The quantitative estimate of drug-likeness (QED) is 0.543. The second-order valence-corrected chi connectivity index (χ2v) is 4.86. The van der Waals surface area contributed by atoms with Gasteiger partial charge in [-0.1, -0.05) is 12.8 Å². The highest BCUT2D eigenvalue weighted by atomic mass is 16.2. The molecule has 1 saturated carbocycles. The van der Waals surface area contributed by atoms with Crippen LogP contribution in [0.4, 0.5) is 5.69 Å². The molecule has 2 rings (SSSR count). The molecule has 4 N–H and O–H groups in total. The number of carbonyl (C=O) groups excluding carboxylic acids is 3. The van der Waals surface area contributed by atoms with Crippen LogP contribution in [0.2, 0.25) is 0 Å². The molecular formula is C14H17N3O3. The number of rotatable bonds is 2. The first kappa shape index (κ1) is 14.0. The van der Waals surface area contributed by atoms with Crippen molar-refractivity contribution in [2.75, 3.05) is 5.73 Å². The first-order valence-electron chi connectivity index (χ1n) is 6.58. The van der Waals surface area contributed by atoms with Crippen LogP contribution in [0.15, 0.2) is 24.3 Å². The Hall–Kier alpha value is -2.37. The van der Waals surface area contributed by atoms with Crippen LogP contribution in [0.5, 0.6) is 0 Å². The number of anilines is 1. The lowest BCUT2D eigenvalue weighted by molar-refractivity contribution is -0.139. The summed E-state index contributed by atoms with van der Waals surface area (Å²) in [5.41, 5.74) is 6.30. The highest BCUT2D eigenvalue weighted by Gasteiger charge is 2.22. The Morgan fingerprint density at radius 2 is 1.60 bits per heavy atom. The molecule has 0 aromatic heterocycles. The van der Waals surface area contributed by atoms with Crippen LogP contribution in [-0.2, 0) is 9.59 Å². The Kier molecular flexibility index (Phi) is 4.34. The van der Waals surface area contributed by atoms with Gasteiger partial charge in [-0.25, -0.2) is 0 Å². The third kappa shape index (κ3) is 3.57. The van der Waals surface area contributed by atoms with E-state index in [-0.39, 0.29) is 11.6 Å². The first-order chi connectivity index (χ1) is 9.56. The van der Waals surface area contributed by atoms with Gasteiger partial charge in [0.25, 0.3) is 5.91 Å². The van der Waals surface area contributed by atoms with Gasteiger partial charge >= 0.3 is 11.8 Å². The van der Waals surface area contributed by atoms with Crippen molar-refractivity contribution in [2.45, 2.75) is 31.7 Å². The Morgan fingerprint density at radius 1 is 1.00 bits per heavy atom. The summed E-state index contributed by atoms with van der Waals surface area (Å²) in [6.45, 7) is 0. The SMILES string of the molecule is Nc1ccc(C(=O)NC(=O)C(=O)NC2CCCC2)cc1. The lowest BCUT2D eigenvalue weighted by Gasteiger charge is -2.11. The smallest absolute Gasteiger partial charge is 0.316 e. The fraction of sp³-hybridized carbons (Fsp3) is 0.357. The lowest BCUT2D eigenvalue weighted by Crippen LogP contribution is -2.45. The minimum Gasteiger partial charge on any atom is -0.399 e. The van der Waals surface area contributed by atoms with Crippen molar-refractivity contribution >= 4 is 23.4 Å². The van der Waals surface area contributed by atoms with E-state index in [1.807, 2.05) is 0 Å². The number of imide groups is 1. The molecule has 1 fully saturated rings. The van der Waals surface area contributed by atoms with Gasteiger partial charge in [-0.3, -0.25) is 19.7 Å². The monoisotopic (exact) mass is 275 g/mol. The molecule has 20 heavy (non-hydrogen) atoms. The van der Waals surface area contributed by atoms with Crippen LogP contribution < -0.4 is 16.4 Å². The van der Waals surface area contributed by atoms with Gasteiger partial charge < -0.3 is 11.1 Å². The summed E-state index contributed by atoms with van der Waals surface area (Å²) in [4.78, 5) is 35.0. The summed E-state index contributed by atoms with van der Waals surface area (Å²) in [7, 11) is 0. The van der Waals surface area contributed by atoms with Crippen molar-refractivity contribution in [1.29, 1.82) is 0 Å². The zero-order chi connectivity index (χ0) is 14.5. The van der Waals surface area contributed by atoms with Crippen LogP contribution in [0.25, 0.3) is 0 Å². The van der Waals surface area contributed by atoms with E-state index in [4.69, 9.17) is 5.73 Å². The van der Waals surface area contributed by atoms with Crippen LogP contribution in [0.1, 0.15) is 36.0 Å². The Labute approximate surface area is 116 Å². The van der Waals surface area contributed by atoms with E-state index in [1.54, 1.807) is 12.1 Å². The number of carbonyl (C=O) groups is 3. The first-order valence-corrected chi connectivity index (χ1v) is 6.58. The van der Waals surface area contributed by atoms with Crippen molar-refractivity contribution in [3.05, 3.63) is 29.8 Å². The molecule has 106 valence electrons. The highest BCUT2D eigenvalue weighted by molar-refractivity contribution is 6.38. The Morgan fingerprint density at radius 3 is 2.20 bits per heavy atom. The molecule has 0 heterocycles. The number of benzene rings is 1. The lowest BCUT2D eigenvalue weighted by atomic mass is 10.2. The molecule has 0 atom stereocenters. The van der Waals surface area contributed by atoms with E-state index in [2.05, 4.69) is 10.6 Å². The van der Waals surface area contributed by atoms with E-state index in [0.717, 1.165) is 25.7 Å². The van der Waals surface area contributed by atoms with Crippen molar-refractivity contribution in [2.24, 2.45) is 0 Å². The zero-order valence-corrected chi connectivity index (χ0v) is 11.0. The van der Waals surface area contributed by atoms with Gasteiger partial charge in [0, 0.05) is 17.3 Å². The molecule has 0 spiro atoms. The third-order valence-electron chi connectivity index (χ3n) is 3.30. The molecule has 0 aliphatic heterocycles. The Bertz CT molecular complexity index is 519. The van der Waals surface area contributed by atoms with Crippen LogP contribution in [0.3, 0.4) is 0 Å². The molecule has 0 saturated heterocycles. The molecule has 0 radical (unpaired) electrons. The van der Waals surface area contributed by atoms with Crippen molar-refractivity contribution in [3.8, 4) is 0 Å². The van der Waals surface area contributed by atoms with Crippen LogP contribution >= 0.6 is 0 Å². The number of hydrogen-bond donors (Lipinski definition) is 3. The average molecular weight is 275 g/mol. The molecule has 3 amide bonds. The molecule has 6 heteroatoms. The predicted octanol–water partition coefficient (Wildman–Crippen LogP) is 0.584. The second-order valence-electron chi connectivity index (χ2n) is 4.86. The maximum absolute atomic E-state index is 11.8. The van der Waals surface area contributed by atoms with Gasteiger partial charge in [0.2, 0.25) is 0 Å². The molecule has 0 unspecified atom stereocenters. The maximum Gasteiger partial charge on any atom is 0.316 e. The molecule has 1 aliphatic rings. The fourth-order valence-corrected chi connectivity index (χ4v) is 2.19. The van der Waals surface area contributed by atoms with Crippen molar-refractivity contribution < 1.29 is 14.4 Å². The largest absolute Gasteiger partial charge is 0.399 e. The molecule has 1 aliphatic carbocycles. The standard InChI is InChI=1S/C14H17N3O3/c15-10-7-5-9(6-8-10)12(18)17-14(20)13(19)16-11-3-1-2-4-11/h5-8,11H,1-4,15H2,(H,16,19)(H,17,18,20). The number of amides is 3. The molecule has 1 aromatic carbocycles. The van der Waals surface area contributed by atoms with Gasteiger partial charge in [-0.05, 0) is 37.1 Å². The van der Waals surface area contributed by atoms with E-state index < -0.39 is 17.7 Å². The number of hydrogen-bond acceptors (Lipinski definition) is 4. The van der Waals surface area contributed by atoms with E-state index in [0.29, 0.717) is 5.69 Å². The van der Waals surface area contributed by atoms with Crippen molar-refractivity contribution in [3.63, 3.8) is 0 Å². The summed E-state index contributed by atoms with van der Waals surface area (Å²) in [6, 6.07) is 6.13. The van der Waals surface area contributed by atoms with Gasteiger partial charge in [0.15, 0.2) is 0 Å². The molecule has 1 aromatic rings. The zero-order valence-electron chi connectivity index (χ0n) is 11.0. The summed E-state index contributed by atoms with van der Waals surface area (Å²) in [5, 5.41) is 4.68. The normalized spacial score (nSPS) is 14.8. The summed E-state index contributed by atoms with van der Waals surface area (Å²) in [6.07, 6.45) is 3.86. The van der Waals surface area contributed by atoms with Gasteiger partial charge in [0.1, 0.15) is 0 Å². The second kappa shape index (κ2) is 6.18. The number of nitrogen functional groups attached to an aromatic ring is 1. The fourth-order valence-electron chi connectivity index (χ4n) is 2.19. The molecular weight excluding hydrogens is 258 g/mol. The van der Waals surface area contributed by atoms with E-state index >= 15 is 0 Å². The van der Waals surface area contributed by atoms with Crippen molar-refractivity contribution in [1.82, 2.24) is 10.6 Å². The summed E-state index contributed by atoms with van der Waals surface area (Å²) < 4.78 is 0. The minimum atomic E-state index is -0.932. The topological polar surface area (TPSA) is 101 Å². The van der Waals surface area contributed by atoms with Gasteiger partial charge in [-0.15, -0.1) is 0 Å².